The Bertz CT molecular complexity index is 975. The van der Waals surface area contributed by atoms with E-state index < -0.39 is 11.2 Å². The van der Waals surface area contributed by atoms with Gasteiger partial charge in [-0.2, -0.15) is 5.10 Å². The normalized spacial score (nSPS) is 17.0. The summed E-state index contributed by atoms with van der Waals surface area (Å²) in [5, 5.41) is 17.6. The molecule has 0 radical (unpaired) electrons. The van der Waals surface area contributed by atoms with Crippen LogP contribution in [0.2, 0.25) is 15.1 Å². The molecule has 0 saturated heterocycles. The van der Waals surface area contributed by atoms with Crippen LogP contribution in [-0.4, -0.2) is 31.1 Å². The van der Waals surface area contributed by atoms with Crippen LogP contribution >= 0.6 is 34.8 Å². The van der Waals surface area contributed by atoms with Crippen molar-refractivity contribution < 1.29 is 9.84 Å². The van der Waals surface area contributed by atoms with Crippen LogP contribution in [0.5, 0.6) is 5.75 Å². The van der Waals surface area contributed by atoms with Gasteiger partial charge in [0.2, 0.25) is 0 Å². The Labute approximate surface area is 184 Å². The van der Waals surface area contributed by atoms with Crippen molar-refractivity contribution in [2.75, 3.05) is 0 Å². The van der Waals surface area contributed by atoms with Crippen LogP contribution < -0.4 is 4.74 Å². The number of hydrogen-bond acceptors (Lipinski definition) is 4. The third kappa shape index (κ3) is 4.53. The first-order chi connectivity index (χ1) is 13.9. The lowest BCUT2D eigenvalue weighted by molar-refractivity contribution is -0.0967. The van der Waals surface area contributed by atoms with Gasteiger partial charge < -0.3 is 9.84 Å². The Hall–Kier alpha value is -1.79. The van der Waals surface area contributed by atoms with E-state index in [-0.39, 0.29) is 6.54 Å². The molecule has 0 bridgehead atoms. The molecule has 1 unspecified atom stereocenters. The van der Waals surface area contributed by atoms with Crippen LogP contribution in [0.4, 0.5) is 0 Å². The van der Waals surface area contributed by atoms with E-state index in [2.05, 4.69) is 10.1 Å². The summed E-state index contributed by atoms with van der Waals surface area (Å²) in [5.74, 6) is 0.511. The van der Waals surface area contributed by atoms with Gasteiger partial charge >= 0.3 is 0 Å². The van der Waals surface area contributed by atoms with E-state index in [4.69, 9.17) is 39.5 Å². The van der Waals surface area contributed by atoms with E-state index in [1.807, 2.05) is 24.3 Å². The van der Waals surface area contributed by atoms with Gasteiger partial charge in [-0.3, -0.25) is 0 Å². The van der Waals surface area contributed by atoms with Gasteiger partial charge in [-0.05, 0) is 61.6 Å². The topological polar surface area (TPSA) is 60.2 Å². The summed E-state index contributed by atoms with van der Waals surface area (Å²) in [6.07, 6.45) is 5.64. The van der Waals surface area contributed by atoms with Crippen LogP contribution in [0.25, 0.3) is 0 Å². The van der Waals surface area contributed by atoms with Gasteiger partial charge in [0.1, 0.15) is 29.6 Å². The largest absolute Gasteiger partial charge is 0.483 e. The fourth-order valence-electron chi connectivity index (χ4n) is 3.58. The molecule has 1 heterocycles. The maximum atomic E-state index is 11.8. The fourth-order valence-corrected chi connectivity index (χ4v) is 4.15. The number of aliphatic hydroxyl groups is 1. The molecule has 152 valence electrons. The molecule has 0 amide bonds. The quantitative estimate of drug-likeness (QED) is 0.509. The second-order valence-electron chi connectivity index (χ2n) is 7.42. The fraction of sp³-hybridized carbons (Fsp3) is 0.333. The van der Waals surface area contributed by atoms with E-state index in [0.29, 0.717) is 33.7 Å². The first kappa shape index (κ1) is 20.5. The average molecular weight is 453 g/mol. The molecule has 0 spiro atoms. The predicted molar refractivity (Wildman–Crippen MR) is 114 cm³/mol. The zero-order valence-corrected chi connectivity index (χ0v) is 17.8. The number of ether oxygens (including phenoxy) is 1. The van der Waals surface area contributed by atoms with Gasteiger partial charge in [0.05, 0.1) is 11.6 Å². The summed E-state index contributed by atoms with van der Waals surface area (Å²) < 4.78 is 7.93. The molecule has 4 rings (SSSR count). The molecule has 29 heavy (non-hydrogen) atoms. The number of nitrogens with zero attached hydrogens (tertiary/aromatic N) is 3. The van der Waals surface area contributed by atoms with Gasteiger partial charge in [-0.1, -0.05) is 46.9 Å². The predicted octanol–water partition coefficient (Wildman–Crippen LogP) is 5.21. The van der Waals surface area contributed by atoms with Crippen LogP contribution in [-0.2, 0) is 13.0 Å². The Morgan fingerprint density at radius 1 is 1.07 bits per heavy atom. The molecule has 1 aliphatic carbocycles. The third-order valence-corrected chi connectivity index (χ3v) is 6.16. The molecular weight excluding hydrogens is 433 g/mol. The highest BCUT2D eigenvalue weighted by Crippen LogP contribution is 2.52. The summed E-state index contributed by atoms with van der Waals surface area (Å²) in [7, 11) is 0. The van der Waals surface area contributed by atoms with E-state index in [1.54, 1.807) is 29.2 Å². The van der Waals surface area contributed by atoms with Crippen molar-refractivity contribution in [1.82, 2.24) is 14.8 Å². The molecular formula is C21H20Cl3N3O2. The minimum absolute atomic E-state index is 0.270. The first-order valence-electron chi connectivity index (χ1n) is 9.32. The SMILES string of the molecule is OC(CCc1ccc(Cl)cc1)(Cn1cncn1)C1(Oc2ccc(Cl)cc2Cl)CC1. The molecule has 1 aliphatic rings. The minimum atomic E-state index is -1.16. The number of halogens is 3. The summed E-state index contributed by atoms with van der Waals surface area (Å²) in [6.45, 7) is 0.270. The molecule has 5 nitrogen and oxygen atoms in total. The minimum Gasteiger partial charge on any atom is -0.483 e. The Kier molecular flexibility index (Phi) is 5.76. The number of aryl methyl sites for hydroxylation is 1. The van der Waals surface area contributed by atoms with Crippen molar-refractivity contribution in [3.8, 4) is 5.75 Å². The van der Waals surface area contributed by atoms with Gasteiger partial charge in [0, 0.05) is 10.0 Å². The van der Waals surface area contributed by atoms with Crippen molar-refractivity contribution in [3.63, 3.8) is 0 Å². The number of benzene rings is 2. The summed E-state index contributed by atoms with van der Waals surface area (Å²) in [4.78, 5) is 3.99. The van der Waals surface area contributed by atoms with Crippen molar-refractivity contribution in [2.45, 2.75) is 43.4 Å². The van der Waals surface area contributed by atoms with Crippen molar-refractivity contribution in [3.05, 3.63) is 75.8 Å². The lowest BCUT2D eigenvalue weighted by Crippen LogP contribution is -2.51. The summed E-state index contributed by atoms with van der Waals surface area (Å²) in [5.41, 5.74) is -0.821. The van der Waals surface area contributed by atoms with E-state index in [9.17, 15) is 5.11 Å². The number of aromatic nitrogens is 3. The van der Waals surface area contributed by atoms with Crippen molar-refractivity contribution >= 4 is 34.8 Å². The Balaban J connectivity index is 1.59. The summed E-state index contributed by atoms with van der Waals surface area (Å²) in [6, 6.07) is 12.7. The highest BCUT2D eigenvalue weighted by atomic mass is 35.5. The average Bonchev–Trinajstić information content (AvgIpc) is 3.32. The lowest BCUT2D eigenvalue weighted by atomic mass is 9.87. The molecule has 1 fully saturated rings. The van der Waals surface area contributed by atoms with E-state index >= 15 is 0 Å². The monoisotopic (exact) mass is 451 g/mol. The smallest absolute Gasteiger partial charge is 0.140 e. The molecule has 1 saturated carbocycles. The molecule has 3 aromatic rings. The number of hydrogen-bond donors (Lipinski definition) is 1. The maximum absolute atomic E-state index is 11.8. The van der Waals surface area contributed by atoms with E-state index in [1.165, 1.54) is 6.33 Å². The van der Waals surface area contributed by atoms with Crippen molar-refractivity contribution in [2.24, 2.45) is 0 Å². The second-order valence-corrected chi connectivity index (χ2v) is 8.70. The second kappa shape index (κ2) is 8.15. The first-order valence-corrected chi connectivity index (χ1v) is 10.5. The van der Waals surface area contributed by atoms with Gasteiger partial charge in [-0.25, -0.2) is 9.67 Å². The molecule has 0 aliphatic heterocycles. The summed E-state index contributed by atoms with van der Waals surface area (Å²) >= 11 is 18.3. The van der Waals surface area contributed by atoms with Gasteiger partial charge in [-0.15, -0.1) is 0 Å². The Morgan fingerprint density at radius 2 is 1.79 bits per heavy atom. The maximum Gasteiger partial charge on any atom is 0.140 e. The van der Waals surface area contributed by atoms with E-state index in [0.717, 1.165) is 18.4 Å². The molecule has 1 aromatic heterocycles. The zero-order valence-electron chi connectivity index (χ0n) is 15.6. The highest BCUT2D eigenvalue weighted by Gasteiger charge is 2.61. The molecule has 1 N–H and O–H groups in total. The zero-order chi connectivity index (χ0) is 20.5. The third-order valence-electron chi connectivity index (χ3n) is 5.38. The molecule has 2 aromatic carbocycles. The lowest BCUT2D eigenvalue weighted by Gasteiger charge is -2.37. The highest BCUT2D eigenvalue weighted by molar-refractivity contribution is 6.35. The van der Waals surface area contributed by atoms with Crippen molar-refractivity contribution in [1.29, 1.82) is 0 Å². The van der Waals surface area contributed by atoms with Gasteiger partial charge in [0.15, 0.2) is 0 Å². The van der Waals surface area contributed by atoms with Crippen LogP contribution in [0, 0.1) is 0 Å². The standard InChI is InChI=1S/C21H20Cl3N3O2/c22-16-3-1-15(2-4-16)7-8-20(28,12-27-14-25-13-26-27)21(9-10-21)29-19-6-5-17(23)11-18(19)24/h1-6,11,13-14,28H,7-10,12H2. The van der Waals surface area contributed by atoms with Crippen LogP contribution in [0.15, 0.2) is 55.1 Å². The Morgan fingerprint density at radius 3 is 2.41 bits per heavy atom. The van der Waals surface area contributed by atoms with Crippen LogP contribution in [0.1, 0.15) is 24.8 Å². The molecule has 8 heteroatoms. The number of rotatable bonds is 8. The molecule has 1 atom stereocenters. The van der Waals surface area contributed by atoms with Gasteiger partial charge in [0.25, 0.3) is 0 Å². The van der Waals surface area contributed by atoms with Crippen LogP contribution in [0.3, 0.4) is 0 Å².